The third-order valence-electron chi connectivity index (χ3n) is 4.71. The highest BCUT2D eigenvalue weighted by molar-refractivity contribution is 6.37. The molecular weight excluding hydrogens is 360 g/mol. The molecule has 1 aliphatic rings. The van der Waals surface area contributed by atoms with E-state index in [9.17, 15) is 9.59 Å². The normalized spacial score (nSPS) is 14.3. The van der Waals surface area contributed by atoms with E-state index < -0.39 is 0 Å². The lowest BCUT2D eigenvalue weighted by molar-refractivity contribution is -0.136. The monoisotopic (exact) mass is 382 g/mol. The standard InChI is InChI=1S/C22H23ClN2O2/c1-5-10-25-21(26)19(17-9-6-13(2)11-15(17)4)20(22(25)27)24-16-8-7-14(3)18(23)12-16/h6-9,11-12,24H,5,10H2,1-4H3. The molecular formula is C22H23ClN2O2. The van der Waals surface area contributed by atoms with Gasteiger partial charge in [-0.1, -0.05) is 48.4 Å². The van der Waals surface area contributed by atoms with Crippen molar-refractivity contribution in [1.29, 1.82) is 0 Å². The van der Waals surface area contributed by atoms with E-state index in [-0.39, 0.29) is 11.8 Å². The van der Waals surface area contributed by atoms with Gasteiger partial charge < -0.3 is 5.32 Å². The molecule has 2 amide bonds. The minimum Gasteiger partial charge on any atom is -0.350 e. The smallest absolute Gasteiger partial charge is 0.278 e. The van der Waals surface area contributed by atoms with Gasteiger partial charge in [0.05, 0.1) is 5.57 Å². The molecule has 0 aliphatic carbocycles. The maximum Gasteiger partial charge on any atom is 0.278 e. The molecule has 140 valence electrons. The van der Waals surface area contributed by atoms with Crippen LogP contribution >= 0.6 is 11.6 Å². The van der Waals surface area contributed by atoms with Gasteiger partial charge in [0.2, 0.25) is 0 Å². The van der Waals surface area contributed by atoms with Gasteiger partial charge in [-0.3, -0.25) is 14.5 Å². The Labute approximate surface area is 164 Å². The molecule has 0 bridgehead atoms. The fraction of sp³-hybridized carbons (Fsp3) is 0.273. The van der Waals surface area contributed by atoms with Crippen molar-refractivity contribution in [2.75, 3.05) is 11.9 Å². The topological polar surface area (TPSA) is 49.4 Å². The molecule has 0 radical (unpaired) electrons. The molecule has 1 aliphatic heterocycles. The highest BCUT2D eigenvalue weighted by Crippen LogP contribution is 2.33. The number of amides is 2. The molecule has 2 aromatic carbocycles. The Kier molecular flexibility index (Phi) is 5.38. The first-order chi connectivity index (χ1) is 12.8. The van der Waals surface area contributed by atoms with Crippen LogP contribution < -0.4 is 5.32 Å². The summed E-state index contributed by atoms with van der Waals surface area (Å²) in [4.78, 5) is 27.3. The first kappa shape index (κ1) is 19.2. The molecule has 3 rings (SSSR count). The summed E-state index contributed by atoms with van der Waals surface area (Å²) in [5, 5.41) is 3.76. The number of aryl methyl sites for hydroxylation is 3. The van der Waals surface area contributed by atoms with Gasteiger partial charge in [-0.25, -0.2) is 0 Å². The zero-order valence-electron chi connectivity index (χ0n) is 16.0. The highest BCUT2D eigenvalue weighted by Gasteiger charge is 2.39. The van der Waals surface area contributed by atoms with E-state index in [4.69, 9.17) is 11.6 Å². The Morgan fingerprint density at radius 3 is 2.33 bits per heavy atom. The van der Waals surface area contributed by atoms with E-state index >= 15 is 0 Å². The minimum atomic E-state index is -0.298. The molecule has 0 saturated heterocycles. The molecule has 5 heteroatoms. The predicted octanol–water partition coefficient (Wildman–Crippen LogP) is 4.87. The van der Waals surface area contributed by atoms with Crippen LogP contribution in [0.15, 0.2) is 42.1 Å². The fourth-order valence-electron chi connectivity index (χ4n) is 3.28. The van der Waals surface area contributed by atoms with Crippen molar-refractivity contribution in [2.24, 2.45) is 0 Å². The van der Waals surface area contributed by atoms with E-state index in [0.717, 1.165) is 22.3 Å². The van der Waals surface area contributed by atoms with E-state index in [2.05, 4.69) is 5.32 Å². The SMILES string of the molecule is CCCN1C(=O)C(Nc2ccc(C)c(Cl)c2)=C(c2ccc(C)cc2C)C1=O. The quantitative estimate of drug-likeness (QED) is 0.750. The van der Waals surface area contributed by atoms with Crippen LogP contribution in [0.5, 0.6) is 0 Å². The lowest BCUT2D eigenvalue weighted by atomic mass is 9.97. The number of anilines is 1. The molecule has 1 heterocycles. The van der Waals surface area contributed by atoms with Crippen LogP contribution in [-0.2, 0) is 9.59 Å². The molecule has 0 unspecified atom stereocenters. The van der Waals surface area contributed by atoms with Crippen LogP contribution in [0.25, 0.3) is 5.57 Å². The van der Waals surface area contributed by atoms with Crippen LogP contribution in [0.3, 0.4) is 0 Å². The van der Waals surface area contributed by atoms with Gasteiger partial charge in [-0.2, -0.15) is 0 Å². The number of rotatable bonds is 5. The number of carbonyl (C=O) groups is 2. The number of hydrogen-bond donors (Lipinski definition) is 1. The second kappa shape index (κ2) is 7.57. The maximum absolute atomic E-state index is 13.0. The molecule has 0 saturated carbocycles. The van der Waals surface area contributed by atoms with Gasteiger partial charge in [-0.05, 0) is 56.0 Å². The molecule has 0 fully saturated rings. The summed E-state index contributed by atoms with van der Waals surface area (Å²) < 4.78 is 0. The Hall–Kier alpha value is -2.59. The van der Waals surface area contributed by atoms with Crippen molar-refractivity contribution in [1.82, 2.24) is 4.90 Å². The number of nitrogens with one attached hydrogen (secondary N) is 1. The molecule has 0 aromatic heterocycles. The molecule has 4 nitrogen and oxygen atoms in total. The fourth-order valence-corrected chi connectivity index (χ4v) is 3.46. The number of imide groups is 1. The summed E-state index contributed by atoms with van der Waals surface area (Å²) in [6.07, 6.45) is 0.710. The summed E-state index contributed by atoms with van der Waals surface area (Å²) in [5.74, 6) is -0.553. The van der Waals surface area contributed by atoms with Crippen molar-refractivity contribution in [2.45, 2.75) is 34.1 Å². The van der Waals surface area contributed by atoms with E-state index in [1.54, 1.807) is 6.07 Å². The van der Waals surface area contributed by atoms with Crippen LogP contribution in [0.1, 0.15) is 35.6 Å². The average Bonchev–Trinajstić information content (AvgIpc) is 2.83. The van der Waals surface area contributed by atoms with E-state index in [0.29, 0.717) is 34.9 Å². The molecule has 1 N–H and O–H groups in total. The predicted molar refractivity (Wildman–Crippen MR) is 110 cm³/mol. The van der Waals surface area contributed by atoms with Crippen molar-refractivity contribution >= 4 is 34.7 Å². The molecule has 0 spiro atoms. The van der Waals surface area contributed by atoms with Gasteiger partial charge in [0.25, 0.3) is 11.8 Å². The van der Waals surface area contributed by atoms with E-state index in [1.807, 2.05) is 58.0 Å². The lowest BCUT2D eigenvalue weighted by Crippen LogP contribution is -2.33. The van der Waals surface area contributed by atoms with Crippen molar-refractivity contribution in [3.63, 3.8) is 0 Å². The van der Waals surface area contributed by atoms with Gasteiger partial charge in [0, 0.05) is 17.3 Å². The minimum absolute atomic E-state index is 0.255. The second-order valence-electron chi connectivity index (χ2n) is 6.92. The summed E-state index contributed by atoms with van der Waals surface area (Å²) in [6.45, 7) is 8.22. The van der Waals surface area contributed by atoms with Crippen LogP contribution in [-0.4, -0.2) is 23.3 Å². The molecule has 27 heavy (non-hydrogen) atoms. The Morgan fingerprint density at radius 2 is 1.70 bits per heavy atom. The largest absolute Gasteiger partial charge is 0.350 e. The van der Waals surface area contributed by atoms with Crippen LogP contribution in [0, 0.1) is 20.8 Å². The Morgan fingerprint density at radius 1 is 0.963 bits per heavy atom. The second-order valence-corrected chi connectivity index (χ2v) is 7.33. The number of benzene rings is 2. The first-order valence-corrected chi connectivity index (χ1v) is 9.42. The number of halogens is 1. The Bertz CT molecular complexity index is 963. The zero-order valence-corrected chi connectivity index (χ0v) is 16.8. The average molecular weight is 383 g/mol. The van der Waals surface area contributed by atoms with Gasteiger partial charge in [0.15, 0.2) is 0 Å². The van der Waals surface area contributed by atoms with Gasteiger partial charge in [0.1, 0.15) is 5.70 Å². The maximum atomic E-state index is 13.0. The summed E-state index contributed by atoms with van der Waals surface area (Å²) in [7, 11) is 0. The lowest BCUT2D eigenvalue weighted by Gasteiger charge is -2.14. The van der Waals surface area contributed by atoms with Crippen LogP contribution in [0.4, 0.5) is 5.69 Å². The van der Waals surface area contributed by atoms with E-state index in [1.165, 1.54) is 4.90 Å². The third kappa shape index (κ3) is 3.62. The van der Waals surface area contributed by atoms with Crippen molar-refractivity contribution in [3.05, 3.63) is 69.4 Å². The third-order valence-corrected chi connectivity index (χ3v) is 5.11. The zero-order chi connectivity index (χ0) is 19.7. The summed E-state index contributed by atoms with van der Waals surface area (Å²) in [6, 6.07) is 11.4. The first-order valence-electron chi connectivity index (χ1n) is 9.04. The Balaban J connectivity index is 2.12. The number of nitrogens with zero attached hydrogens (tertiary/aromatic N) is 1. The summed E-state index contributed by atoms with van der Waals surface area (Å²) in [5.41, 5.74) is 5.21. The van der Waals surface area contributed by atoms with Gasteiger partial charge >= 0.3 is 0 Å². The van der Waals surface area contributed by atoms with Crippen molar-refractivity contribution in [3.8, 4) is 0 Å². The molecule has 2 aromatic rings. The highest BCUT2D eigenvalue weighted by atomic mass is 35.5. The number of hydrogen-bond acceptors (Lipinski definition) is 3. The molecule has 0 atom stereocenters. The van der Waals surface area contributed by atoms with Crippen LogP contribution in [0.2, 0.25) is 5.02 Å². The number of carbonyl (C=O) groups excluding carboxylic acids is 2. The van der Waals surface area contributed by atoms with Crippen molar-refractivity contribution < 1.29 is 9.59 Å². The summed E-state index contributed by atoms with van der Waals surface area (Å²) >= 11 is 6.22. The van der Waals surface area contributed by atoms with Gasteiger partial charge in [-0.15, -0.1) is 0 Å².